The van der Waals surface area contributed by atoms with Crippen molar-refractivity contribution in [3.05, 3.63) is 0 Å². The maximum absolute atomic E-state index is 11.5. The van der Waals surface area contributed by atoms with E-state index in [1.807, 2.05) is 0 Å². The minimum Gasteiger partial charge on any atom is -0.394 e. The van der Waals surface area contributed by atoms with Crippen molar-refractivity contribution >= 4 is 0 Å². The van der Waals surface area contributed by atoms with Crippen LogP contribution in [-0.4, -0.2) is 69.3 Å². The quantitative estimate of drug-likeness (QED) is 0.0422. The van der Waals surface area contributed by atoms with Crippen LogP contribution in [0.4, 0.5) is 0 Å². The van der Waals surface area contributed by atoms with Gasteiger partial charge in [0.2, 0.25) is 0 Å². The highest BCUT2D eigenvalue weighted by Gasteiger charge is 2.46. The van der Waals surface area contributed by atoms with Gasteiger partial charge in [-0.15, -0.1) is 0 Å². The van der Waals surface area contributed by atoms with Crippen LogP contribution < -0.4 is 0 Å². The van der Waals surface area contributed by atoms with Crippen LogP contribution in [-0.2, 0) is 4.74 Å². The van der Waals surface area contributed by atoms with Gasteiger partial charge in [0.25, 0.3) is 0 Å². The maximum Gasteiger partial charge on any atom is 0.121 e. The molecule has 0 aromatic rings. The number of rotatable bonds is 38. The van der Waals surface area contributed by atoms with Gasteiger partial charge in [0.1, 0.15) is 23.9 Å². The molecule has 0 amide bonds. The van der Waals surface area contributed by atoms with Crippen molar-refractivity contribution < 1.29 is 30.3 Å². The van der Waals surface area contributed by atoms with Gasteiger partial charge in [0, 0.05) is 6.61 Å². The maximum atomic E-state index is 11.5. The van der Waals surface area contributed by atoms with E-state index in [0.29, 0.717) is 13.0 Å². The second kappa shape index (κ2) is 34.6. The van der Waals surface area contributed by atoms with Crippen LogP contribution >= 0.6 is 0 Å². The van der Waals surface area contributed by atoms with Gasteiger partial charge in [-0.3, -0.25) is 0 Å². The SMILES string of the molecule is CCCCCCCCCCCCCCCCCO[C@H]([C@H](O)CO)[C@@](O)(CCCCCCCCCCCCCCCCC)[C@H](O)CO. The first-order chi connectivity index (χ1) is 22.5. The van der Waals surface area contributed by atoms with Crippen molar-refractivity contribution in [3.8, 4) is 0 Å². The molecule has 0 saturated carbocycles. The van der Waals surface area contributed by atoms with E-state index in [4.69, 9.17) is 4.74 Å². The molecule has 5 N–H and O–H groups in total. The first-order valence-corrected chi connectivity index (χ1v) is 20.4. The minimum atomic E-state index is -1.80. The van der Waals surface area contributed by atoms with Crippen LogP contribution in [0.1, 0.15) is 213 Å². The molecule has 4 atom stereocenters. The van der Waals surface area contributed by atoms with Gasteiger partial charge >= 0.3 is 0 Å². The molecule has 0 aromatic heterocycles. The third-order valence-electron chi connectivity index (χ3n) is 10.0. The second-order valence-corrected chi connectivity index (χ2v) is 14.4. The van der Waals surface area contributed by atoms with Crippen LogP contribution in [0.5, 0.6) is 0 Å². The van der Waals surface area contributed by atoms with Crippen LogP contribution in [0.3, 0.4) is 0 Å². The molecule has 0 aliphatic heterocycles. The van der Waals surface area contributed by atoms with Crippen molar-refractivity contribution in [2.45, 2.75) is 237 Å². The summed E-state index contributed by atoms with van der Waals surface area (Å²) in [6.07, 6.45) is 34.0. The Kier molecular flexibility index (Phi) is 34.4. The lowest BCUT2D eigenvalue weighted by atomic mass is 9.82. The second-order valence-electron chi connectivity index (χ2n) is 14.4. The van der Waals surface area contributed by atoms with E-state index in [-0.39, 0.29) is 6.42 Å². The van der Waals surface area contributed by atoms with Crippen molar-refractivity contribution in [1.29, 1.82) is 0 Å². The van der Waals surface area contributed by atoms with Crippen molar-refractivity contribution in [3.63, 3.8) is 0 Å². The molecule has 0 aromatic carbocycles. The van der Waals surface area contributed by atoms with E-state index in [9.17, 15) is 25.5 Å². The molecule has 6 nitrogen and oxygen atoms in total. The number of hydrogen-bond donors (Lipinski definition) is 5. The molecule has 0 heterocycles. The van der Waals surface area contributed by atoms with Crippen LogP contribution in [0.2, 0.25) is 0 Å². The molecular formula is C40H82O6. The van der Waals surface area contributed by atoms with Gasteiger partial charge < -0.3 is 30.3 Å². The first kappa shape index (κ1) is 45.8. The molecule has 0 aliphatic rings. The highest BCUT2D eigenvalue weighted by Crippen LogP contribution is 2.29. The van der Waals surface area contributed by atoms with Gasteiger partial charge in [-0.25, -0.2) is 0 Å². The summed E-state index contributed by atoms with van der Waals surface area (Å²) >= 11 is 0. The Labute approximate surface area is 286 Å². The molecule has 0 rings (SSSR count). The predicted molar refractivity (Wildman–Crippen MR) is 195 cm³/mol. The summed E-state index contributed by atoms with van der Waals surface area (Å²) < 4.78 is 5.94. The van der Waals surface area contributed by atoms with Crippen LogP contribution in [0.15, 0.2) is 0 Å². The normalized spacial score (nSPS) is 15.2. The third kappa shape index (κ3) is 25.7. The van der Waals surface area contributed by atoms with Gasteiger partial charge in [-0.2, -0.15) is 0 Å². The summed E-state index contributed by atoms with van der Waals surface area (Å²) in [6.45, 7) is 3.69. The van der Waals surface area contributed by atoms with Crippen molar-refractivity contribution in [1.82, 2.24) is 0 Å². The van der Waals surface area contributed by atoms with E-state index in [2.05, 4.69) is 13.8 Å². The number of ether oxygens (including phenoxy) is 1. The Morgan fingerprint density at radius 1 is 0.435 bits per heavy atom. The average molecular weight is 659 g/mol. The van der Waals surface area contributed by atoms with Crippen molar-refractivity contribution in [2.24, 2.45) is 0 Å². The first-order valence-electron chi connectivity index (χ1n) is 20.4. The standard InChI is InChI=1S/C40H82O6/c1-3-5-7-9-11-13-15-17-19-21-23-25-27-29-31-33-40(45,38(44)36-42)39(37(43)35-41)46-34-32-30-28-26-24-22-20-18-16-14-12-10-8-6-4-2/h37-39,41-45H,3-36H2,1-2H3/t37-,38-,39-,40-/m1/s1. The zero-order valence-corrected chi connectivity index (χ0v) is 30.9. The molecule has 0 saturated heterocycles. The van der Waals surface area contributed by atoms with Gasteiger partial charge in [-0.05, 0) is 12.8 Å². The van der Waals surface area contributed by atoms with E-state index in [1.165, 1.54) is 148 Å². The van der Waals surface area contributed by atoms with Gasteiger partial charge in [0.15, 0.2) is 0 Å². The summed E-state index contributed by atoms with van der Waals surface area (Å²) in [5, 5.41) is 51.9. The lowest BCUT2D eigenvalue weighted by molar-refractivity contribution is -0.211. The minimum absolute atomic E-state index is 0.216. The monoisotopic (exact) mass is 659 g/mol. The van der Waals surface area contributed by atoms with Crippen molar-refractivity contribution in [2.75, 3.05) is 19.8 Å². The Balaban J connectivity index is 4.12. The number of aliphatic hydroxyl groups excluding tert-OH is 4. The fraction of sp³-hybridized carbons (Fsp3) is 1.00. The number of unbranched alkanes of at least 4 members (excludes halogenated alkanes) is 28. The van der Waals surface area contributed by atoms with E-state index >= 15 is 0 Å². The molecule has 0 radical (unpaired) electrons. The van der Waals surface area contributed by atoms with E-state index < -0.39 is 37.1 Å². The van der Waals surface area contributed by atoms with Crippen LogP contribution in [0.25, 0.3) is 0 Å². The molecule has 0 bridgehead atoms. The van der Waals surface area contributed by atoms with Crippen LogP contribution in [0, 0.1) is 0 Å². The fourth-order valence-electron chi connectivity index (χ4n) is 6.80. The predicted octanol–water partition coefficient (Wildman–Crippen LogP) is 9.94. The highest BCUT2D eigenvalue weighted by molar-refractivity contribution is 4.97. The Morgan fingerprint density at radius 3 is 1.04 bits per heavy atom. The third-order valence-corrected chi connectivity index (χ3v) is 10.0. The Morgan fingerprint density at radius 2 is 0.739 bits per heavy atom. The summed E-state index contributed by atoms with van der Waals surface area (Å²) in [7, 11) is 0. The topological polar surface area (TPSA) is 110 Å². The smallest absolute Gasteiger partial charge is 0.121 e. The van der Waals surface area contributed by atoms with E-state index in [1.54, 1.807) is 0 Å². The largest absolute Gasteiger partial charge is 0.394 e. The Bertz CT molecular complexity index is 590. The lowest BCUT2D eigenvalue weighted by Gasteiger charge is -2.41. The summed E-state index contributed by atoms with van der Waals surface area (Å²) in [6, 6.07) is 0. The molecule has 0 aliphatic carbocycles. The fourth-order valence-corrected chi connectivity index (χ4v) is 6.80. The molecule has 0 unspecified atom stereocenters. The highest BCUT2D eigenvalue weighted by atomic mass is 16.5. The zero-order valence-electron chi connectivity index (χ0n) is 30.9. The molecule has 0 spiro atoms. The molecule has 0 fully saturated rings. The molecule has 46 heavy (non-hydrogen) atoms. The van der Waals surface area contributed by atoms with Gasteiger partial charge in [-0.1, -0.05) is 200 Å². The zero-order chi connectivity index (χ0) is 34.0. The summed E-state index contributed by atoms with van der Waals surface area (Å²) in [4.78, 5) is 0. The molecular weight excluding hydrogens is 576 g/mol. The number of aliphatic hydroxyl groups is 5. The number of hydrogen-bond acceptors (Lipinski definition) is 6. The van der Waals surface area contributed by atoms with Gasteiger partial charge in [0.05, 0.1) is 13.2 Å². The average Bonchev–Trinajstić information content (AvgIpc) is 3.07. The lowest BCUT2D eigenvalue weighted by Crippen LogP contribution is -2.59. The summed E-state index contributed by atoms with van der Waals surface area (Å²) in [5.74, 6) is 0. The summed E-state index contributed by atoms with van der Waals surface area (Å²) in [5.41, 5.74) is -1.80. The molecule has 278 valence electrons. The van der Waals surface area contributed by atoms with E-state index in [0.717, 1.165) is 38.5 Å². The molecule has 6 heteroatoms. The Hall–Kier alpha value is -0.240.